The summed E-state index contributed by atoms with van der Waals surface area (Å²) < 4.78 is 28.3. The van der Waals surface area contributed by atoms with Crippen molar-refractivity contribution < 1.29 is 13.9 Å². The standard InChI is InChI=1S/C26H26BrClFN5O2S/c1-2-35-24-15-18(14-21(27)25(24)36-17-20-22(28)10-6-11-23(20)29)16-30-12-7-13-37-26-31-32-33-34(26)19-8-4-3-5-9-19/h3-6,8-11,14-15,30H,2,7,12-13,16-17H2,1H3. The van der Waals surface area contributed by atoms with Gasteiger partial charge in [-0.25, -0.2) is 4.39 Å². The predicted molar refractivity (Wildman–Crippen MR) is 147 cm³/mol. The van der Waals surface area contributed by atoms with Gasteiger partial charge in [0, 0.05) is 17.9 Å². The van der Waals surface area contributed by atoms with Gasteiger partial charge in [-0.05, 0) is 88.2 Å². The quantitative estimate of drug-likeness (QED) is 0.138. The maximum Gasteiger partial charge on any atom is 0.214 e. The Hall–Kier alpha value is -2.66. The molecule has 0 amide bonds. The van der Waals surface area contributed by atoms with Crippen molar-refractivity contribution in [3.05, 3.63) is 87.1 Å². The van der Waals surface area contributed by atoms with E-state index in [-0.39, 0.29) is 6.61 Å². The molecule has 1 aromatic heterocycles. The number of tetrazole rings is 1. The predicted octanol–water partition coefficient (Wildman–Crippen LogP) is 6.47. The summed E-state index contributed by atoms with van der Waals surface area (Å²) in [7, 11) is 0. The van der Waals surface area contributed by atoms with Gasteiger partial charge >= 0.3 is 0 Å². The first-order chi connectivity index (χ1) is 18.1. The van der Waals surface area contributed by atoms with Crippen LogP contribution in [0.4, 0.5) is 4.39 Å². The van der Waals surface area contributed by atoms with E-state index < -0.39 is 5.82 Å². The Morgan fingerprint density at radius 3 is 2.73 bits per heavy atom. The number of thioether (sulfide) groups is 1. The number of hydrogen-bond donors (Lipinski definition) is 1. The topological polar surface area (TPSA) is 74.1 Å². The minimum Gasteiger partial charge on any atom is -0.490 e. The van der Waals surface area contributed by atoms with E-state index in [1.165, 1.54) is 6.07 Å². The zero-order valence-electron chi connectivity index (χ0n) is 20.2. The second-order valence-electron chi connectivity index (χ2n) is 7.91. The van der Waals surface area contributed by atoms with Crippen molar-refractivity contribution in [2.75, 3.05) is 18.9 Å². The second-order valence-corrected chi connectivity index (χ2v) is 10.2. The molecule has 0 fully saturated rings. The fourth-order valence-electron chi connectivity index (χ4n) is 3.53. The summed E-state index contributed by atoms with van der Waals surface area (Å²) in [5.41, 5.74) is 2.28. The van der Waals surface area contributed by atoms with Crippen LogP contribution in [-0.2, 0) is 13.2 Å². The molecule has 7 nitrogen and oxygen atoms in total. The Bertz CT molecular complexity index is 1290. The van der Waals surface area contributed by atoms with Crippen LogP contribution >= 0.6 is 39.3 Å². The number of para-hydroxylation sites is 1. The lowest BCUT2D eigenvalue weighted by Gasteiger charge is -2.16. The number of rotatable bonds is 13. The molecular weight excluding hydrogens is 581 g/mol. The van der Waals surface area contributed by atoms with Crippen LogP contribution < -0.4 is 14.8 Å². The summed E-state index contributed by atoms with van der Waals surface area (Å²) in [4.78, 5) is 0. The number of nitrogens with zero attached hydrogens (tertiary/aromatic N) is 4. The first kappa shape index (κ1) is 27.4. The molecule has 0 atom stereocenters. The van der Waals surface area contributed by atoms with E-state index in [1.807, 2.05) is 49.4 Å². The molecule has 3 aromatic carbocycles. The van der Waals surface area contributed by atoms with E-state index in [2.05, 4.69) is 36.8 Å². The van der Waals surface area contributed by atoms with Gasteiger partial charge in [0.15, 0.2) is 11.5 Å². The largest absolute Gasteiger partial charge is 0.490 e. The van der Waals surface area contributed by atoms with Gasteiger partial charge in [-0.1, -0.05) is 47.6 Å². The molecule has 0 spiro atoms. The van der Waals surface area contributed by atoms with Gasteiger partial charge in [-0.2, -0.15) is 4.68 Å². The number of benzene rings is 3. The van der Waals surface area contributed by atoms with E-state index in [0.29, 0.717) is 35.2 Å². The van der Waals surface area contributed by atoms with Crippen molar-refractivity contribution in [3.8, 4) is 17.2 Å². The molecule has 1 N–H and O–H groups in total. The van der Waals surface area contributed by atoms with Crippen molar-refractivity contribution in [2.45, 2.75) is 31.7 Å². The lowest BCUT2D eigenvalue weighted by Crippen LogP contribution is -2.15. The van der Waals surface area contributed by atoms with Crippen LogP contribution in [0.2, 0.25) is 5.02 Å². The molecule has 194 valence electrons. The van der Waals surface area contributed by atoms with Crippen LogP contribution in [0.1, 0.15) is 24.5 Å². The van der Waals surface area contributed by atoms with E-state index >= 15 is 0 Å². The summed E-state index contributed by atoms with van der Waals surface area (Å²) in [5.74, 6) is 1.57. The van der Waals surface area contributed by atoms with Gasteiger partial charge in [-0.15, -0.1) is 5.10 Å². The summed E-state index contributed by atoms with van der Waals surface area (Å²) in [6.45, 7) is 3.85. The summed E-state index contributed by atoms with van der Waals surface area (Å²) in [5, 5.41) is 16.6. The molecule has 0 bridgehead atoms. The molecule has 4 rings (SSSR count). The van der Waals surface area contributed by atoms with E-state index in [9.17, 15) is 4.39 Å². The number of halogens is 3. The lowest BCUT2D eigenvalue weighted by atomic mass is 10.2. The third-order valence-corrected chi connectivity index (χ3v) is 7.24. The highest BCUT2D eigenvalue weighted by molar-refractivity contribution is 9.10. The van der Waals surface area contributed by atoms with Gasteiger partial charge in [-0.3, -0.25) is 0 Å². The molecule has 0 aliphatic carbocycles. The van der Waals surface area contributed by atoms with Crippen molar-refractivity contribution >= 4 is 39.3 Å². The maximum atomic E-state index is 14.1. The summed E-state index contributed by atoms with van der Waals surface area (Å²) >= 11 is 11.3. The van der Waals surface area contributed by atoms with Gasteiger partial charge < -0.3 is 14.8 Å². The highest BCUT2D eigenvalue weighted by atomic mass is 79.9. The second kappa shape index (κ2) is 13.8. The average Bonchev–Trinajstić information content (AvgIpc) is 3.36. The lowest BCUT2D eigenvalue weighted by molar-refractivity contribution is 0.264. The summed E-state index contributed by atoms with van der Waals surface area (Å²) in [6.07, 6.45) is 0.941. The van der Waals surface area contributed by atoms with Gasteiger partial charge in [0.05, 0.1) is 21.8 Å². The van der Waals surface area contributed by atoms with E-state index in [0.717, 1.165) is 39.6 Å². The van der Waals surface area contributed by atoms with Crippen LogP contribution in [-0.4, -0.2) is 39.1 Å². The number of hydrogen-bond acceptors (Lipinski definition) is 7. The van der Waals surface area contributed by atoms with Gasteiger partial charge in [0.25, 0.3) is 0 Å². The number of aromatic nitrogens is 4. The smallest absolute Gasteiger partial charge is 0.214 e. The molecule has 4 aromatic rings. The highest BCUT2D eigenvalue weighted by Crippen LogP contribution is 2.38. The monoisotopic (exact) mass is 605 g/mol. The number of nitrogens with one attached hydrogen (secondary N) is 1. The maximum absolute atomic E-state index is 14.1. The Morgan fingerprint density at radius 2 is 1.95 bits per heavy atom. The molecule has 37 heavy (non-hydrogen) atoms. The van der Waals surface area contributed by atoms with Crippen LogP contribution in [0.3, 0.4) is 0 Å². The van der Waals surface area contributed by atoms with Crippen molar-refractivity contribution in [2.24, 2.45) is 0 Å². The summed E-state index contributed by atoms with van der Waals surface area (Å²) in [6, 6.07) is 18.3. The van der Waals surface area contributed by atoms with Crippen LogP contribution in [0.5, 0.6) is 11.5 Å². The molecule has 0 saturated heterocycles. The molecule has 0 unspecified atom stereocenters. The van der Waals surface area contributed by atoms with Crippen LogP contribution in [0.15, 0.2) is 70.3 Å². The van der Waals surface area contributed by atoms with Gasteiger partial charge in [0.2, 0.25) is 5.16 Å². The molecule has 11 heteroatoms. The first-order valence-corrected chi connectivity index (χ1v) is 13.9. The first-order valence-electron chi connectivity index (χ1n) is 11.7. The minimum absolute atomic E-state index is 0.00695. The van der Waals surface area contributed by atoms with E-state index in [1.54, 1.807) is 28.6 Å². The molecule has 1 heterocycles. The molecular formula is C26H26BrClFN5O2S. The Labute approximate surface area is 232 Å². The third-order valence-electron chi connectivity index (χ3n) is 5.29. The van der Waals surface area contributed by atoms with Gasteiger partial charge in [0.1, 0.15) is 12.4 Å². The molecule has 0 radical (unpaired) electrons. The average molecular weight is 607 g/mol. The van der Waals surface area contributed by atoms with Crippen molar-refractivity contribution in [1.29, 1.82) is 0 Å². The van der Waals surface area contributed by atoms with E-state index in [4.69, 9.17) is 21.1 Å². The highest BCUT2D eigenvalue weighted by Gasteiger charge is 2.15. The number of ether oxygens (including phenoxy) is 2. The molecule has 0 aliphatic rings. The molecule has 0 saturated carbocycles. The fraction of sp³-hybridized carbons (Fsp3) is 0.269. The van der Waals surface area contributed by atoms with Crippen molar-refractivity contribution in [1.82, 2.24) is 25.5 Å². The van der Waals surface area contributed by atoms with Crippen LogP contribution in [0, 0.1) is 5.82 Å². The SMILES string of the molecule is CCOc1cc(CNCCCSc2nnnn2-c2ccccc2)cc(Br)c1OCc1c(F)cccc1Cl. The fourth-order valence-corrected chi connectivity index (χ4v) is 5.19. The zero-order chi connectivity index (χ0) is 26.0. The van der Waals surface area contributed by atoms with Crippen molar-refractivity contribution in [3.63, 3.8) is 0 Å². The van der Waals surface area contributed by atoms with Crippen LogP contribution in [0.25, 0.3) is 5.69 Å². The molecule has 0 aliphatic heterocycles. The minimum atomic E-state index is -0.405. The Kier molecular flexibility index (Phi) is 10.2. The third kappa shape index (κ3) is 7.44. The Morgan fingerprint density at radius 1 is 1.11 bits per heavy atom. The zero-order valence-corrected chi connectivity index (χ0v) is 23.3. The Balaban J connectivity index is 1.28. The normalized spacial score (nSPS) is 11.0.